The highest BCUT2D eigenvalue weighted by Crippen LogP contribution is 2.29. The van der Waals surface area contributed by atoms with Crippen LogP contribution in [0.2, 0.25) is 0 Å². The van der Waals surface area contributed by atoms with E-state index in [1.807, 2.05) is 0 Å². The van der Waals surface area contributed by atoms with Crippen LogP contribution >= 0.6 is 0 Å². The molecule has 1 aromatic carbocycles. The van der Waals surface area contributed by atoms with Gasteiger partial charge in [0.2, 0.25) is 0 Å². The lowest BCUT2D eigenvalue weighted by Crippen LogP contribution is -2.16. The lowest BCUT2D eigenvalue weighted by Gasteiger charge is -2.15. The predicted molar refractivity (Wildman–Crippen MR) is 61.4 cm³/mol. The molecule has 1 aromatic rings. The largest absolute Gasteiger partial charge is 0.394 e. The van der Waals surface area contributed by atoms with Gasteiger partial charge in [0, 0.05) is 20.2 Å². The SMILES string of the molecule is CN(C)c1ccc([C@@H](N)CO)cc1[N+](=O)[O-]. The third-order valence-corrected chi connectivity index (χ3v) is 2.30. The zero-order valence-electron chi connectivity index (χ0n) is 9.25. The van der Waals surface area contributed by atoms with Gasteiger partial charge in [-0.1, -0.05) is 6.07 Å². The summed E-state index contributed by atoms with van der Waals surface area (Å²) in [5.41, 5.74) is 6.66. The van der Waals surface area contributed by atoms with E-state index in [-0.39, 0.29) is 12.3 Å². The number of hydrogen-bond acceptors (Lipinski definition) is 5. The minimum Gasteiger partial charge on any atom is -0.394 e. The first-order valence-electron chi connectivity index (χ1n) is 4.79. The Balaban J connectivity index is 3.23. The van der Waals surface area contributed by atoms with Gasteiger partial charge < -0.3 is 15.7 Å². The first-order chi connectivity index (χ1) is 7.47. The molecule has 0 bridgehead atoms. The van der Waals surface area contributed by atoms with Crippen LogP contribution in [-0.4, -0.2) is 30.7 Å². The van der Waals surface area contributed by atoms with E-state index in [0.717, 1.165) is 0 Å². The van der Waals surface area contributed by atoms with Crippen LogP contribution in [0.4, 0.5) is 11.4 Å². The molecule has 88 valence electrons. The van der Waals surface area contributed by atoms with Gasteiger partial charge >= 0.3 is 0 Å². The van der Waals surface area contributed by atoms with Crippen LogP contribution in [0.15, 0.2) is 18.2 Å². The summed E-state index contributed by atoms with van der Waals surface area (Å²) in [5.74, 6) is 0. The van der Waals surface area contributed by atoms with Crippen LogP contribution in [0, 0.1) is 10.1 Å². The Morgan fingerprint density at radius 3 is 2.62 bits per heavy atom. The molecule has 1 rings (SSSR count). The molecule has 0 fully saturated rings. The number of aliphatic hydroxyl groups is 1. The smallest absolute Gasteiger partial charge is 0.292 e. The fraction of sp³-hybridized carbons (Fsp3) is 0.400. The summed E-state index contributed by atoms with van der Waals surface area (Å²) in [6.45, 7) is -0.238. The molecule has 0 spiro atoms. The Kier molecular flexibility index (Phi) is 3.81. The third kappa shape index (κ3) is 2.47. The van der Waals surface area contributed by atoms with Crippen molar-refractivity contribution in [3.63, 3.8) is 0 Å². The second kappa shape index (κ2) is 4.91. The Morgan fingerprint density at radius 2 is 2.19 bits per heavy atom. The highest BCUT2D eigenvalue weighted by Gasteiger charge is 2.17. The number of benzene rings is 1. The van der Waals surface area contributed by atoms with E-state index in [4.69, 9.17) is 10.8 Å². The maximum atomic E-state index is 10.9. The van der Waals surface area contributed by atoms with Gasteiger partial charge in [-0.15, -0.1) is 0 Å². The van der Waals surface area contributed by atoms with E-state index in [9.17, 15) is 10.1 Å². The second-order valence-corrected chi connectivity index (χ2v) is 3.69. The summed E-state index contributed by atoms with van der Waals surface area (Å²) in [6.07, 6.45) is 0. The molecule has 0 aliphatic rings. The number of anilines is 1. The number of nitrogens with zero attached hydrogens (tertiary/aromatic N) is 2. The van der Waals surface area contributed by atoms with E-state index in [2.05, 4.69) is 0 Å². The normalized spacial score (nSPS) is 12.2. The van der Waals surface area contributed by atoms with E-state index in [1.54, 1.807) is 31.1 Å². The van der Waals surface area contributed by atoms with Gasteiger partial charge in [-0.25, -0.2) is 0 Å². The highest BCUT2D eigenvalue weighted by molar-refractivity contribution is 5.63. The van der Waals surface area contributed by atoms with Crippen LogP contribution in [0.3, 0.4) is 0 Å². The maximum Gasteiger partial charge on any atom is 0.292 e. The lowest BCUT2D eigenvalue weighted by molar-refractivity contribution is -0.384. The molecule has 0 aliphatic carbocycles. The third-order valence-electron chi connectivity index (χ3n) is 2.30. The number of nitrogens with two attached hydrogens (primary N) is 1. The maximum absolute atomic E-state index is 10.9. The Hall–Kier alpha value is -1.66. The van der Waals surface area contributed by atoms with Gasteiger partial charge in [-0.3, -0.25) is 10.1 Å². The molecule has 0 amide bonds. The molecule has 16 heavy (non-hydrogen) atoms. The molecule has 0 aromatic heterocycles. The van der Waals surface area contributed by atoms with Gasteiger partial charge in [0.25, 0.3) is 5.69 Å². The van der Waals surface area contributed by atoms with Gasteiger partial charge in [0.05, 0.1) is 17.6 Å². The van der Waals surface area contributed by atoms with Crippen LogP contribution in [-0.2, 0) is 0 Å². The van der Waals surface area contributed by atoms with Crippen LogP contribution in [0.5, 0.6) is 0 Å². The van der Waals surface area contributed by atoms with E-state index >= 15 is 0 Å². The van der Waals surface area contributed by atoms with E-state index in [0.29, 0.717) is 11.3 Å². The highest BCUT2D eigenvalue weighted by atomic mass is 16.6. The van der Waals surface area contributed by atoms with Crippen molar-refractivity contribution >= 4 is 11.4 Å². The molecule has 6 nitrogen and oxygen atoms in total. The summed E-state index contributed by atoms with van der Waals surface area (Å²) in [4.78, 5) is 12.1. The van der Waals surface area contributed by atoms with Gasteiger partial charge in [-0.2, -0.15) is 0 Å². The van der Waals surface area contributed by atoms with Crippen molar-refractivity contribution in [2.45, 2.75) is 6.04 Å². The molecule has 0 unspecified atom stereocenters. The van der Waals surface area contributed by atoms with Crippen molar-refractivity contribution in [3.8, 4) is 0 Å². The zero-order chi connectivity index (χ0) is 12.3. The van der Waals surface area contributed by atoms with E-state index in [1.165, 1.54) is 6.07 Å². The predicted octanol–water partition coefficient (Wildman–Crippen LogP) is 0.653. The summed E-state index contributed by atoms with van der Waals surface area (Å²) in [7, 11) is 3.46. The molecule has 0 saturated heterocycles. The number of hydrogen-bond donors (Lipinski definition) is 2. The monoisotopic (exact) mass is 225 g/mol. The molecule has 0 aliphatic heterocycles. The van der Waals surface area contributed by atoms with Gasteiger partial charge in [0.15, 0.2) is 0 Å². The average molecular weight is 225 g/mol. The molecule has 0 radical (unpaired) electrons. The van der Waals surface area contributed by atoms with Crippen molar-refractivity contribution in [2.75, 3.05) is 25.6 Å². The summed E-state index contributed by atoms with van der Waals surface area (Å²) in [5, 5.41) is 19.8. The molecule has 0 saturated carbocycles. The fourth-order valence-electron chi connectivity index (χ4n) is 1.40. The first-order valence-corrected chi connectivity index (χ1v) is 4.79. The van der Waals surface area contributed by atoms with Crippen molar-refractivity contribution in [1.82, 2.24) is 0 Å². The first kappa shape index (κ1) is 12.4. The van der Waals surface area contributed by atoms with Crippen molar-refractivity contribution in [1.29, 1.82) is 0 Å². The number of nitro groups is 1. The number of nitro benzene ring substituents is 1. The summed E-state index contributed by atoms with van der Waals surface area (Å²) >= 11 is 0. The Labute approximate surface area is 93.4 Å². The molecule has 1 atom stereocenters. The molecule has 0 heterocycles. The quantitative estimate of drug-likeness (QED) is 0.579. The van der Waals surface area contributed by atoms with Crippen molar-refractivity contribution in [3.05, 3.63) is 33.9 Å². The Bertz CT molecular complexity index is 393. The number of rotatable bonds is 4. The molecular weight excluding hydrogens is 210 g/mol. The van der Waals surface area contributed by atoms with Gasteiger partial charge in [0.1, 0.15) is 5.69 Å². The van der Waals surface area contributed by atoms with Crippen molar-refractivity contribution < 1.29 is 10.0 Å². The summed E-state index contributed by atoms with van der Waals surface area (Å²) in [6, 6.07) is 4.12. The summed E-state index contributed by atoms with van der Waals surface area (Å²) < 4.78 is 0. The minimum atomic E-state index is -0.588. The van der Waals surface area contributed by atoms with Crippen LogP contribution in [0.1, 0.15) is 11.6 Å². The molecule has 3 N–H and O–H groups in total. The standard InChI is InChI=1S/C10H15N3O3/c1-12(2)9-4-3-7(8(11)6-14)5-10(9)13(15)16/h3-5,8,14H,6,11H2,1-2H3/t8-/m0/s1. The van der Waals surface area contributed by atoms with Gasteiger partial charge in [-0.05, 0) is 11.6 Å². The zero-order valence-corrected chi connectivity index (χ0v) is 9.25. The Morgan fingerprint density at radius 1 is 1.56 bits per heavy atom. The van der Waals surface area contributed by atoms with Crippen LogP contribution < -0.4 is 10.6 Å². The molecular formula is C10H15N3O3. The second-order valence-electron chi connectivity index (χ2n) is 3.69. The number of aliphatic hydroxyl groups excluding tert-OH is 1. The topological polar surface area (TPSA) is 92.6 Å². The average Bonchev–Trinajstić information content (AvgIpc) is 2.26. The van der Waals surface area contributed by atoms with Crippen LogP contribution in [0.25, 0.3) is 0 Å². The lowest BCUT2D eigenvalue weighted by atomic mass is 10.1. The fourth-order valence-corrected chi connectivity index (χ4v) is 1.40. The van der Waals surface area contributed by atoms with Crippen molar-refractivity contribution in [2.24, 2.45) is 5.73 Å². The minimum absolute atomic E-state index is 0.00796. The van der Waals surface area contributed by atoms with E-state index < -0.39 is 11.0 Å². The molecule has 6 heteroatoms.